The van der Waals surface area contributed by atoms with Crippen molar-refractivity contribution in [2.45, 2.75) is 33.0 Å². The number of ether oxygens (including phenoxy) is 1. The van der Waals surface area contributed by atoms with Crippen LogP contribution in [0.25, 0.3) is 0 Å². The van der Waals surface area contributed by atoms with Crippen molar-refractivity contribution < 1.29 is 4.74 Å². The van der Waals surface area contributed by atoms with Crippen molar-refractivity contribution in [3.05, 3.63) is 40.1 Å². The Bertz CT molecular complexity index is 566. The molecule has 0 saturated heterocycles. The van der Waals surface area contributed by atoms with Crippen LogP contribution in [-0.4, -0.2) is 27.6 Å². The summed E-state index contributed by atoms with van der Waals surface area (Å²) in [7, 11) is 0. The van der Waals surface area contributed by atoms with Gasteiger partial charge in [-0.1, -0.05) is 42.3 Å². The van der Waals surface area contributed by atoms with Crippen LogP contribution in [0.2, 0.25) is 10.0 Å². The van der Waals surface area contributed by atoms with Gasteiger partial charge in [-0.15, -0.1) is 5.10 Å². The zero-order valence-corrected chi connectivity index (χ0v) is 13.5. The van der Waals surface area contributed by atoms with E-state index in [0.29, 0.717) is 41.5 Å². The second-order valence-corrected chi connectivity index (χ2v) is 5.84. The number of hydrogen-bond donors (Lipinski definition) is 1. The molecule has 2 aromatic rings. The first-order valence-corrected chi connectivity index (χ1v) is 7.50. The van der Waals surface area contributed by atoms with Gasteiger partial charge in [-0.2, -0.15) is 0 Å². The quantitative estimate of drug-likeness (QED) is 0.848. The largest absolute Gasteiger partial charge is 0.492 e. The highest BCUT2D eigenvalue weighted by atomic mass is 35.5. The molecule has 0 bridgehead atoms. The summed E-state index contributed by atoms with van der Waals surface area (Å²) in [5, 5.41) is 12.6. The Morgan fingerprint density at radius 3 is 2.62 bits per heavy atom. The Morgan fingerprint density at radius 2 is 1.95 bits per heavy atom. The van der Waals surface area contributed by atoms with Gasteiger partial charge in [0, 0.05) is 28.8 Å². The Morgan fingerprint density at radius 1 is 1.24 bits per heavy atom. The van der Waals surface area contributed by atoms with Gasteiger partial charge in [0.25, 0.3) is 0 Å². The van der Waals surface area contributed by atoms with Gasteiger partial charge in [0.05, 0.1) is 12.2 Å². The molecule has 0 spiro atoms. The highest BCUT2D eigenvalue weighted by Crippen LogP contribution is 2.24. The van der Waals surface area contributed by atoms with Gasteiger partial charge in [-0.05, 0) is 18.2 Å². The molecule has 0 aliphatic rings. The summed E-state index contributed by atoms with van der Waals surface area (Å²) in [4.78, 5) is 0. The van der Waals surface area contributed by atoms with Gasteiger partial charge in [0.2, 0.25) is 0 Å². The Hall–Kier alpha value is -1.30. The lowest BCUT2D eigenvalue weighted by molar-refractivity contribution is 0.290. The maximum Gasteiger partial charge on any atom is 0.122 e. The van der Waals surface area contributed by atoms with Crippen LogP contribution in [0.3, 0.4) is 0 Å². The molecule has 1 aromatic heterocycles. The lowest BCUT2D eigenvalue weighted by atomic mass is 10.3. The number of hydrogen-bond acceptors (Lipinski definition) is 4. The third-order valence-corrected chi connectivity index (χ3v) is 3.14. The number of aromatic nitrogens is 3. The van der Waals surface area contributed by atoms with Crippen molar-refractivity contribution in [2.24, 2.45) is 0 Å². The van der Waals surface area contributed by atoms with E-state index in [9.17, 15) is 0 Å². The fourth-order valence-electron chi connectivity index (χ4n) is 1.71. The van der Waals surface area contributed by atoms with Crippen molar-refractivity contribution in [3.8, 4) is 5.75 Å². The molecule has 21 heavy (non-hydrogen) atoms. The van der Waals surface area contributed by atoms with Crippen molar-refractivity contribution >= 4 is 23.2 Å². The fourth-order valence-corrected chi connectivity index (χ4v) is 2.21. The molecular formula is C14H18Cl2N4O. The lowest BCUT2D eigenvalue weighted by Crippen LogP contribution is -2.21. The van der Waals surface area contributed by atoms with E-state index in [1.807, 2.05) is 6.20 Å². The minimum Gasteiger partial charge on any atom is -0.492 e. The summed E-state index contributed by atoms with van der Waals surface area (Å²) in [6.45, 7) is 5.97. The molecule has 0 amide bonds. The van der Waals surface area contributed by atoms with E-state index in [-0.39, 0.29) is 0 Å². The molecule has 0 aliphatic carbocycles. The Kier molecular flexibility index (Phi) is 5.85. The molecule has 0 aliphatic heterocycles. The predicted molar refractivity (Wildman–Crippen MR) is 84.0 cm³/mol. The lowest BCUT2D eigenvalue weighted by Gasteiger charge is -2.07. The van der Waals surface area contributed by atoms with Crippen molar-refractivity contribution in [1.29, 1.82) is 0 Å². The SMILES string of the molecule is CC(C)NCc1cn(CCOc2cc(Cl)cc(Cl)c2)nn1. The van der Waals surface area contributed by atoms with Crippen LogP contribution < -0.4 is 10.1 Å². The first-order chi connectivity index (χ1) is 10.0. The molecule has 0 fully saturated rings. The number of nitrogens with zero attached hydrogens (tertiary/aromatic N) is 3. The van der Waals surface area contributed by atoms with Gasteiger partial charge in [0.15, 0.2) is 0 Å². The molecule has 0 atom stereocenters. The second kappa shape index (κ2) is 7.64. The standard InChI is InChI=1S/C14H18Cl2N4O/c1-10(2)17-8-13-9-20(19-18-13)3-4-21-14-6-11(15)5-12(16)7-14/h5-7,9-10,17H,3-4,8H2,1-2H3. The van der Waals surface area contributed by atoms with Crippen molar-refractivity contribution in [1.82, 2.24) is 20.3 Å². The smallest absolute Gasteiger partial charge is 0.122 e. The maximum absolute atomic E-state index is 5.91. The monoisotopic (exact) mass is 328 g/mol. The first-order valence-electron chi connectivity index (χ1n) is 6.74. The predicted octanol–water partition coefficient (Wildman–Crippen LogP) is 3.16. The van der Waals surface area contributed by atoms with Crippen LogP contribution in [0, 0.1) is 0 Å². The van der Waals surface area contributed by atoms with E-state index >= 15 is 0 Å². The van der Waals surface area contributed by atoms with Crippen LogP contribution in [0.4, 0.5) is 0 Å². The van der Waals surface area contributed by atoms with E-state index in [1.165, 1.54) is 0 Å². The summed E-state index contributed by atoms with van der Waals surface area (Å²) in [5.74, 6) is 0.648. The van der Waals surface area contributed by atoms with Crippen LogP contribution in [-0.2, 0) is 13.1 Å². The molecule has 0 saturated carbocycles. The van der Waals surface area contributed by atoms with Crippen molar-refractivity contribution in [3.63, 3.8) is 0 Å². The first kappa shape index (κ1) is 16.1. The van der Waals surface area contributed by atoms with Crippen molar-refractivity contribution in [2.75, 3.05) is 6.61 Å². The van der Waals surface area contributed by atoms with Gasteiger partial charge in [0.1, 0.15) is 12.4 Å². The molecule has 1 N–H and O–H groups in total. The molecule has 0 radical (unpaired) electrons. The summed E-state index contributed by atoms with van der Waals surface area (Å²) in [6, 6.07) is 5.55. The van der Waals surface area contributed by atoms with Gasteiger partial charge >= 0.3 is 0 Å². The zero-order chi connectivity index (χ0) is 15.2. The summed E-state index contributed by atoms with van der Waals surface area (Å²) < 4.78 is 7.36. The topological polar surface area (TPSA) is 52.0 Å². The third kappa shape index (κ3) is 5.53. The molecular weight excluding hydrogens is 311 g/mol. The van der Waals surface area contributed by atoms with Gasteiger partial charge in [-0.3, -0.25) is 0 Å². The summed E-state index contributed by atoms with van der Waals surface area (Å²) >= 11 is 11.8. The van der Waals surface area contributed by atoms with E-state index in [1.54, 1.807) is 22.9 Å². The average Bonchev–Trinajstić information content (AvgIpc) is 2.83. The normalized spacial score (nSPS) is 11.1. The van der Waals surface area contributed by atoms with E-state index in [2.05, 4.69) is 29.5 Å². The second-order valence-electron chi connectivity index (χ2n) is 4.96. The summed E-state index contributed by atoms with van der Waals surface area (Å²) in [6.07, 6.45) is 1.91. The molecule has 5 nitrogen and oxygen atoms in total. The fraction of sp³-hybridized carbons (Fsp3) is 0.429. The molecule has 114 valence electrons. The Labute approximate surface area is 134 Å². The van der Waals surface area contributed by atoms with Crippen LogP contribution in [0.5, 0.6) is 5.75 Å². The Balaban J connectivity index is 1.80. The molecule has 1 heterocycles. The van der Waals surface area contributed by atoms with Crippen LogP contribution >= 0.6 is 23.2 Å². The highest BCUT2D eigenvalue weighted by Gasteiger charge is 2.03. The van der Waals surface area contributed by atoms with Gasteiger partial charge in [-0.25, -0.2) is 4.68 Å². The van der Waals surface area contributed by atoms with E-state index in [0.717, 1.165) is 5.69 Å². The van der Waals surface area contributed by atoms with Gasteiger partial charge < -0.3 is 10.1 Å². The molecule has 2 rings (SSSR count). The van der Waals surface area contributed by atoms with E-state index < -0.39 is 0 Å². The summed E-state index contributed by atoms with van der Waals surface area (Å²) in [5.41, 5.74) is 0.912. The number of rotatable bonds is 7. The van der Waals surface area contributed by atoms with Crippen LogP contribution in [0.15, 0.2) is 24.4 Å². The molecule has 7 heteroatoms. The zero-order valence-electron chi connectivity index (χ0n) is 12.0. The minimum atomic E-state index is 0.422. The number of benzene rings is 1. The van der Waals surface area contributed by atoms with Crippen LogP contribution in [0.1, 0.15) is 19.5 Å². The maximum atomic E-state index is 5.91. The number of halogens is 2. The molecule has 1 aromatic carbocycles. The van der Waals surface area contributed by atoms with E-state index in [4.69, 9.17) is 27.9 Å². The average molecular weight is 329 g/mol. The molecule has 0 unspecified atom stereocenters. The minimum absolute atomic E-state index is 0.422. The highest BCUT2D eigenvalue weighted by molar-refractivity contribution is 6.34. The third-order valence-electron chi connectivity index (χ3n) is 2.70. The number of nitrogens with one attached hydrogen (secondary N) is 1.